The van der Waals surface area contributed by atoms with Crippen molar-refractivity contribution in [3.05, 3.63) is 42.0 Å². The summed E-state index contributed by atoms with van der Waals surface area (Å²) in [6, 6.07) is 5.50. The van der Waals surface area contributed by atoms with E-state index < -0.39 is 6.10 Å². The number of benzene rings is 1. The van der Waals surface area contributed by atoms with E-state index in [-0.39, 0.29) is 36.8 Å². The van der Waals surface area contributed by atoms with Gasteiger partial charge in [0.2, 0.25) is 11.8 Å². The molecule has 1 aliphatic heterocycles. The maximum absolute atomic E-state index is 12.5. The molecule has 0 saturated carbocycles. The van der Waals surface area contributed by atoms with E-state index in [1.54, 1.807) is 13.2 Å². The largest absolute Gasteiger partial charge is 0.493 e. The van der Waals surface area contributed by atoms with Crippen LogP contribution < -0.4 is 9.47 Å². The Labute approximate surface area is 159 Å². The Morgan fingerprint density at radius 1 is 1.19 bits per heavy atom. The number of imide groups is 1. The zero-order chi connectivity index (χ0) is 19.4. The summed E-state index contributed by atoms with van der Waals surface area (Å²) in [6.07, 6.45) is 7.97. The third kappa shape index (κ3) is 4.06. The Balaban J connectivity index is 1.59. The molecule has 6 nitrogen and oxygen atoms in total. The van der Waals surface area contributed by atoms with Crippen molar-refractivity contribution in [3.8, 4) is 11.5 Å². The van der Waals surface area contributed by atoms with Gasteiger partial charge in [0, 0.05) is 0 Å². The number of ether oxygens (including phenoxy) is 2. The highest BCUT2D eigenvalue weighted by Gasteiger charge is 2.47. The Kier molecular flexibility index (Phi) is 5.96. The van der Waals surface area contributed by atoms with Crippen molar-refractivity contribution in [1.29, 1.82) is 0 Å². The lowest BCUT2D eigenvalue weighted by Gasteiger charge is -2.20. The molecule has 1 heterocycles. The lowest BCUT2D eigenvalue weighted by molar-refractivity contribution is -0.141. The standard InChI is InChI=1S/C21H25NO5/c1-3-6-14-9-10-18(19(11-14)26-2)27-13-15(23)12-22-20(24)16-7-4-5-8-17(16)21(22)25/h3-6,9-11,15-17,23H,7-8,12-13H2,1-2H3/b6-3-/t15-,16-,17+/m1/s1. The second-order valence-electron chi connectivity index (χ2n) is 6.82. The summed E-state index contributed by atoms with van der Waals surface area (Å²) >= 11 is 0. The van der Waals surface area contributed by atoms with Crippen molar-refractivity contribution in [2.24, 2.45) is 11.8 Å². The molecule has 0 bridgehead atoms. The van der Waals surface area contributed by atoms with Crippen molar-refractivity contribution < 1.29 is 24.2 Å². The van der Waals surface area contributed by atoms with Gasteiger partial charge >= 0.3 is 0 Å². The first-order valence-electron chi connectivity index (χ1n) is 9.17. The van der Waals surface area contributed by atoms with Crippen LogP contribution in [0.5, 0.6) is 11.5 Å². The first-order chi connectivity index (χ1) is 13.0. The van der Waals surface area contributed by atoms with Crippen LogP contribution >= 0.6 is 0 Å². The van der Waals surface area contributed by atoms with E-state index >= 15 is 0 Å². The molecule has 0 aromatic heterocycles. The van der Waals surface area contributed by atoms with Gasteiger partial charge in [0.15, 0.2) is 11.5 Å². The van der Waals surface area contributed by atoms with E-state index in [1.165, 1.54) is 4.90 Å². The molecule has 3 atom stereocenters. The summed E-state index contributed by atoms with van der Waals surface area (Å²) in [5.74, 6) is 0.109. The third-order valence-corrected chi connectivity index (χ3v) is 4.97. The van der Waals surface area contributed by atoms with Crippen LogP contribution in [-0.4, -0.2) is 48.2 Å². The maximum Gasteiger partial charge on any atom is 0.233 e. The molecule has 1 fully saturated rings. The first kappa shape index (κ1) is 19.2. The summed E-state index contributed by atoms with van der Waals surface area (Å²) in [5, 5.41) is 10.3. The number of allylic oxidation sites excluding steroid dienone is 3. The number of carbonyl (C=O) groups excluding carboxylic acids is 2. The van der Waals surface area contributed by atoms with Crippen molar-refractivity contribution in [2.45, 2.75) is 25.9 Å². The van der Waals surface area contributed by atoms with Gasteiger partial charge in [-0.25, -0.2) is 0 Å². The average Bonchev–Trinajstić information content (AvgIpc) is 2.92. The fourth-order valence-electron chi connectivity index (χ4n) is 3.60. The number of fused-ring (bicyclic) bond motifs is 1. The SMILES string of the molecule is C/C=C\c1ccc(OC[C@H](O)CN2C(=O)[C@H]3CC=CC[C@H]3C2=O)c(OC)c1. The third-order valence-electron chi connectivity index (χ3n) is 4.97. The van der Waals surface area contributed by atoms with Gasteiger partial charge in [0.05, 0.1) is 25.5 Å². The van der Waals surface area contributed by atoms with Crippen molar-refractivity contribution in [3.63, 3.8) is 0 Å². The van der Waals surface area contributed by atoms with Gasteiger partial charge in [-0.2, -0.15) is 0 Å². The van der Waals surface area contributed by atoms with E-state index in [0.29, 0.717) is 24.3 Å². The van der Waals surface area contributed by atoms with Gasteiger partial charge in [0.25, 0.3) is 0 Å². The van der Waals surface area contributed by atoms with E-state index in [2.05, 4.69) is 0 Å². The lowest BCUT2D eigenvalue weighted by atomic mass is 9.85. The van der Waals surface area contributed by atoms with Gasteiger partial charge in [-0.1, -0.05) is 30.4 Å². The van der Waals surface area contributed by atoms with Gasteiger partial charge in [-0.05, 0) is 37.5 Å². The molecule has 1 saturated heterocycles. The molecule has 27 heavy (non-hydrogen) atoms. The minimum absolute atomic E-state index is 0.0377. The summed E-state index contributed by atoms with van der Waals surface area (Å²) < 4.78 is 11.0. The monoisotopic (exact) mass is 371 g/mol. The molecule has 2 amide bonds. The molecule has 1 N–H and O–H groups in total. The number of amides is 2. The molecule has 2 aliphatic rings. The second-order valence-corrected chi connectivity index (χ2v) is 6.82. The smallest absolute Gasteiger partial charge is 0.233 e. The van der Waals surface area contributed by atoms with E-state index in [0.717, 1.165) is 5.56 Å². The zero-order valence-electron chi connectivity index (χ0n) is 15.6. The number of hydrogen-bond donors (Lipinski definition) is 1. The maximum atomic E-state index is 12.5. The van der Waals surface area contributed by atoms with Crippen LogP contribution in [0.2, 0.25) is 0 Å². The summed E-state index contributed by atoms with van der Waals surface area (Å²) in [4.78, 5) is 26.1. The Bertz CT molecular complexity index is 744. The first-order valence-corrected chi connectivity index (χ1v) is 9.17. The topological polar surface area (TPSA) is 76.1 Å². The minimum Gasteiger partial charge on any atom is -0.493 e. The summed E-state index contributed by atoms with van der Waals surface area (Å²) in [7, 11) is 1.55. The van der Waals surface area contributed by atoms with Crippen LogP contribution in [0.3, 0.4) is 0 Å². The van der Waals surface area contributed by atoms with Crippen LogP contribution in [-0.2, 0) is 9.59 Å². The number of hydrogen-bond acceptors (Lipinski definition) is 5. The Morgan fingerprint density at radius 2 is 1.85 bits per heavy atom. The molecule has 1 aliphatic carbocycles. The van der Waals surface area contributed by atoms with E-state index in [4.69, 9.17) is 9.47 Å². The number of methoxy groups -OCH3 is 1. The number of aliphatic hydroxyl groups is 1. The molecular formula is C21H25NO5. The summed E-state index contributed by atoms with van der Waals surface area (Å²) in [6.45, 7) is 1.84. The van der Waals surface area contributed by atoms with Crippen LogP contribution in [0.4, 0.5) is 0 Å². The zero-order valence-corrected chi connectivity index (χ0v) is 15.6. The predicted molar refractivity (Wildman–Crippen MR) is 101 cm³/mol. The predicted octanol–water partition coefficient (Wildman–Crippen LogP) is 2.42. The van der Waals surface area contributed by atoms with Crippen LogP contribution in [0.15, 0.2) is 36.4 Å². The average molecular weight is 371 g/mol. The molecule has 0 radical (unpaired) electrons. The number of β-amino-alcohol motifs (C(OH)–C–C–N with tert-alkyl or cyclic N) is 1. The van der Waals surface area contributed by atoms with Gasteiger partial charge in [-0.15, -0.1) is 0 Å². The van der Waals surface area contributed by atoms with Gasteiger partial charge in [-0.3, -0.25) is 14.5 Å². The van der Waals surface area contributed by atoms with Gasteiger partial charge in [0.1, 0.15) is 12.7 Å². The molecule has 144 valence electrons. The molecule has 1 aromatic rings. The van der Waals surface area contributed by atoms with Crippen molar-refractivity contribution in [1.82, 2.24) is 4.90 Å². The van der Waals surface area contributed by atoms with E-state index in [1.807, 2.05) is 43.4 Å². The van der Waals surface area contributed by atoms with Crippen LogP contribution in [0, 0.1) is 11.8 Å². The summed E-state index contributed by atoms with van der Waals surface area (Å²) in [5.41, 5.74) is 0.978. The Morgan fingerprint density at radius 3 is 2.44 bits per heavy atom. The highest BCUT2D eigenvalue weighted by atomic mass is 16.5. The molecule has 1 aromatic carbocycles. The van der Waals surface area contributed by atoms with Crippen molar-refractivity contribution >= 4 is 17.9 Å². The minimum atomic E-state index is -0.967. The molecular weight excluding hydrogens is 346 g/mol. The van der Waals surface area contributed by atoms with Crippen molar-refractivity contribution in [2.75, 3.05) is 20.3 Å². The molecule has 0 unspecified atom stereocenters. The molecule has 3 rings (SSSR count). The fourth-order valence-corrected chi connectivity index (χ4v) is 3.60. The normalized spacial score (nSPS) is 23.0. The van der Waals surface area contributed by atoms with Gasteiger partial charge < -0.3 is 14.6 Å². The number of likely N-dealkylation sites (tertiary alicyclic amines) is 1. The lowest BCUT2D eigenvalue weighted by Crippen LogP contribution is -2.40. The number of aliphatic hydroxyl groups excluding tert-OH is 1. The van der Waals surface area contributed by atoms with Crippen LogP contribution in [0.25, 0.3) is 6.08 Å². The number of rotatable bonds is 7. The fraction of sp³-hybridized carbons (Fsp3) is 0.429. The van der Waals surface area contributed by atoms with E-state index in [9.17, 15) is 14.7 Å². The molecule has 6 heteroatoms. The number of carbonyl (C=O) groups is 2. The Hall–Kier alpha value is -2.60. The van der Waals surface area contributed by atoms with Crippen LogP contribution in [0.1, 0.15) is 25.3 Å². The quantitative estimate of drug-likeness (QED) is 0.588. The second kappa shape index (κ2) is 8.39. The number of nitrogens with zero attached hydrogens (tertiary/aromatic N) is 1. The highest BCUT2D eigenvalue weighted by molar-refractivity contribution is 6.05. The molecule has 0 spiro atoms. The highest BCUT2D eigenvalue weighted by Crippen LogP contribution is 2.35.